The van der Waals surface area contributed by atoms with E-state index in [1.54, 1.807) is 7.11 Å². The molecule has 0 spiro atoms. The lowest BCUT2D eigenvalue weighted by Gasteiger charge is -2.32. The highest BCUT2D eigenvalue weighted by Crippen LogP contribution is 2.18. The minimum absolute atomic E-state index is 0.440. The number of methoxy groups -OCH3 is 1. The van der Waals surface area contributed by atoms with Crippen molar-refractivity contribution in [2.75, 3.05) is 33.4 Å². The standard InChI is InChI=1S/C16H26N2O/c1-3-9-17-16(13-19-2)12-18-10-8-14-6-4-5-7-15(14)11-18/h4-7,16-17H,3,8-13H2,1-2H3. The molecule has 1 atom stereocenters. The van der Waals surface area contributed by atoms with E-state index in [4.69, 9.17) is 4.74 Å². The van der Waals surface area contributed by atoms with Crippen LogP contribution in [0.15, 0.2) is 24.3 Å². The van der Waals surface area contributed by atoms with E-state index in [1.165, 1.54) is 24.0 Å². The molecule has 0 radical (unpaired) electrons. The Bertz CT molecular complexity index is 381. The van der Waals surface area contributed by atoms with Gasteiger partial charge in [0.1, 0.15) is 0 Å². The van der Waals surface area contributed by atoms with Gasteiger partial charge in [0, 0.05) is 32.8 Å². The highest BCUT2D eigenvalue weighted by atomic mass is 16.5. The molecule has 3 heteroatoms. The van der Waals surface area contributed by atoms with Crippen LogP contribution in [0.1, 0.15) is 24.5 Å². The van der Waals surface area contributed by atoms with Crippen molar-refractivity contribution in [2.24, 2.45) is 0 Å². The zero-order valence-corrected chi connectivity index (χ0v) is 12.2. The van der Waals surface area contributed by atoms with E-state index in [0.29, 0.717) is 6.04 Å². The van der Waals surface area contributed by atoms with Gasteiger partial charge in [-0.25, -0.2) is 0 Å². The van der Waals surface area contributed by atoms with Crippen LogP contribution in [0.2, 0.25) is 0 Å². The third-order valence-corrected chi connectivity index (χ3v) is 3.74. The van der Waals surface area contributed by atoms with E-state index in [-0.39, 0.29) is 0 Å². The Kier molecular flexibility index (Phi) is 5.83. The van der Waals surface area contributed by atoms with Gasteiger partial charge in [0.15, 0.2) is 0 Å². The van der Waals surface area contributed by atoms with Crippen LogP contribution in [0.25, 0.3) is 0 Å². The summed E-state index contributed by atoms with van der Waals surface area (Å²) in [5, 5.41) is 3.57. The van der Waals surface area contributed by atoms with Gasteiger partial charge in [-0.2, -0.15) is 0 Å². The molecular formula is C16H26N2O. The topological polar surface area (TPSA) is 24.5 Å². The number of ether oxygens (including phenoxy) is 1. The molecule has 0 amide bonds. The summed E-state index contributed by atoms with van der Waals surface area (Å²) in [7, 11) is 1.78. The molecule has 0 saturated carbocycles. The fraction of sp³-hybridized carbons (Fsp3) is 0.625. The lowest BCUT2D eigenvalue weighted by Crippen LogP contribution is -2.45. The number of rotatable bonds is 7. The fourth-order valence-corrected chi connectivity index (χ4v) is 2.75. The highest BCUT2D eigenvalue weighted by molar-refractivity contribution is 5.29. The summed E-state index contributed by atoms with van der Waals surface area (Å²) in [6, 6.07) is 9.24. The lowest BCUT2D eigenvalue weighted by atomic mass is 9.99. The largest absolute Gasteiger partial charge is 0.383 e. The predicted octanol–water partition coefficient (Wildman–Crippen LogP) is 2.06. The summed E-state index contributed by atoms with van der Waals surface area (Å²) in [5.41, 5.74) is 3.00. The van der Waals surface area contributed by atoms with E-state index in [1.807, 2.05) is 0 Å². The molecule has 3 nitrogen and oxygen atoms in total. The van der Waals surface area contributed by atoms with Gasteiger partial charge in [0.05, 0.1) is 6.61 Å². The molecule has 0 fully saturated rings. The Morgan fingerprint density at radius 3 is 2.84 bits per heavy atom. The molecule has 2 rings (SSSR count). The van der Waals surface area contributed by atoms with Crippen molar-refractivity contribution in [1.82, 2.24) is 10.2 Å². The summed E-state index contributed by atoms with van der Waals surface area (Å²) in [4.78, 5) is 2.54. The van der Waals surface area contributed by atoms with Crippen molar-refractivity contribution in [3.05, 3.63) is 35.4 Å². The van der Waals surface area contributed by atoms with Crippen LogP contribution in [0.3, 0.4) is 0 Å². The number of fused-ring (bicyclic) bond motifs is 1. The molecule has 19 heavy (non-hydrogen) atoms. The molecule has 1 heterocycles. The van der Waals surface area contributed by atoms with Gasteiger partial charge in [-0.1, -0.05) is 31.2 Å². The van der Waals surface area contributed by atoms with Gasteiger partial charge in [-0.05, 0) is 30.5 Å². The van der Waals surface area contributed by atoms with Crippen molar-refractivity contribution in [3.8, 4) is 0 Å². The SMILES string of the molecule is CCCNC(COC)CN1CCc2ccccc2C1. The third kappa shape index (κ3) is 4.30. The van der Waals surface area contributed by atoms with Gasteiger partial charge in [-0.3, -0.25) is 4.90 Å². The maximum Gasteiger partial charge on any atom is 0.0628 e. The Labute approximate surface area is 116 Å². The van der Waals surface area contributed by atoms with Gasteiger partial charge in [0.2, 0.25) is 0 Å². The van der Waals surface area contributed by atoms with E-state index < -0.39 is 0 Å². The van der Waals surface area contributed by atoms with E-state index in [0.717, 1.165) is 32.8 Å². The van der Waals surface area contributed by atoms with E-state index in [9.17, 15) is 0 Å². The second-order valence-corrected chi connectivity index (χ2v) is 5.36. The lowest BCUT2D eigenvalue weighted by molar-refractivity contribution is 0.133. The summed E-state index contributed by atoms with van der Waals surface area (Å²) in [5.74, 6) is 0. The van der Waals surface area contributed by atoms with Crippen LogP contribution in [-0.2, 0) is 17.7 Å². The molecule has 1 aromatic rings. The molecule has 1 aliphatic heterocycles. The maximum absolute atomic E-state index is 5.32. The normalized spacial score (nSPS) is 17.2. The van der Waals surface area contributed by atoms with Gasteiger partial charge < -0.3 is 10.1 Å². The summed E-state index contributed by atoms with van der Waals surface area (Å²) in [6.07, 6.45) is 2.34. The molecule has 1 aromatic carbocycles. The molecular weight excluding hydrogens is 236 g/mol. The van der Waals surface area contributed by atoms with Crippen molar-refractivity contribution in [3.63, 3.8) is 0 Å². The van der Waals surface area contributed by atoms with Crippen LogP contribution >= 0.6 is 0 Å². The van der Waals surface area contributed by atoms with Gasteiger partial charge in [-0.15, -0.1) is 0 Å². The summed E-state index contributed by atoms with van der Waals surface area (Å²) >= 11 is 0. The van der Waals surface area contributed by atoms with Gasteiger partial charge >= 0.3 is 0 Å². The predicted molar refractivity (Wildman–Crippen MR) is 79.4 cm³/mol. The number of benzene rings is 1. The molecule has 106 valence electrons. The van der Waals surface area contributed by atoms with Crippen LogP contribution in [0.4, 0.5) is 0 Å². The third-order valence-electron chi connectivity index (χ3n) is 3.74. The first kappa shape index (κ1) is 14.5. The van der Waals surface area contributed by atoms with Gasteiger partial charge in [0.25, 0.3) is 0 Å². The number of nitrogens with zero attached hydrogens (tertiary/aromatic N) is 1. The Hall–Kier alpha value is -0.900. The van der Waals surface area contributed by atoms with Crippen LogP contribution in [0.5, 0.6) is 0 Å². The average molecular weight is 262 g/mol. The number of nitrogens with one attached hydrogen (secondary N) is 1. The van der Waals surface area contributed by atoms with Crippen LogP contribution in [0, 0.1) is 0 Å². The van der Waals surface area contributed by atoms with Crippen molar-refractivity contribution in [1.29, 1.82) is 0 Å². The van der Waals surface area contributed by atoms with Crippen molar-refractivity contribution in [2.45, 2.75) is 32.4 Å². The Morgan fingerprint density at radius 1 is 1.32 bits per heavy atom. The molecule has 1 unspecified atom stereocenters. The average Bonchev–Trinajstić information content (AvgIpc) is 2.45. The monoisotopic (exact) mass is 262 g/mol. The van der Waals surface area contributed by atoms with Crippen molar-refractivity contribution < 1.29 is 4.74 Å². The molecule has 0 aliphatic carbocycles. The highest BCUT2D eigenvalue weighted by Gasteiger charge is 2.18. The first-order valence-electron chi connectivity index (χ1n) is 7.35. The number of hydrogen-bond donors (Lipinski definition) is 1. The first-order chi connectivity index (χ1) is 9.33. The fourth-order valence-electron chi connectivity index (χ4n) is 2.75. The zero-order valence-electron chi connectivity index (χ0n) is 12.2. The second-order valence-electron chi connectivity index (χ2n) is 5.36. The minimum atomic E-state index is 0.440. The first-order valence-corrected chi connectivity index (χ1v) is 7.35. The molecule has 1 N–H and O–H groups in total. The smallest absolute Gasteiger partial charge is 0.0628 e. The Balaban J connectivity index is 1.88. The van der Waals surface area contributed by atoms with Crippen LogP contribution < -0.4 is 5.32 Å². The quantitative estimate of drug-likeness (QED) is 0.814. The van der Waals surface area contributed by atoms with E-state index in [2.05, 4.69) is 41.4 Å². The van der Waals surface area contributed by atoms with E-state index >= 15 is 0 Å². The molecule has 0 aromatic heterocycles. The summed E-state index contributed by atoms with van der Waals surface area (Å²) in [6.45, 7) is 7.36. The maximum atomic E-state index is 5.32. The Morgan fingerprint density at radius 2 is 2.11 bits per heavy atom. The zero-order chi connectivity index (χ0) is 13.5. The molecule has 1 aliphatic rings. The minimum Gasteiger partial charge on any atom is -0.383 e. The summed E-state index contributed by atoms with van der Waals surface area (Å²) < 4.78 is 5.32. The molecule has 0 bridgehead atoms. The molecule has 0 saturated heterocycles. The number of hydrogen-bond acceptors (Lipinski definition) is 3. The second kappa shape index (κ2) is 7.63. The van der Waals surface area contributed by atoms with Crippen LogP contribution in [-0.4, -0.2) is 44.3 Å². The van der Waals surface area contributed by atoms with Crippen molar-refractivity contribution >= 4 is 0 Å².